The Labute approximate surface area is 149 Å². The van der Waals surface area contributed by atoms with E-state index in [-0.39, 0.29) is 5.91 Å². The predicted octanol–water partition coefficient (Wildman–Crippen LogP) is 3.78. The van der Waals surface area contributed by atoms with E-state index in [1.54, 1.807) is 22.7 Å². The van der Waals surface area contributed by atoms with Crippen molar-refractivity contribution in [1.82, 2.24) is 0 Å². The Morgan fingerprint density at radius 3 is 2.72 bits per heavy atom. The summed E-state index contributed by atoms with van der Waals surface area (Å²) in [5.74, 6) is -0.111. The minimum Gasteiger partial charge on any atom is -0.329 e. The van der Waals surface area contributed by atoms with Gasteiger partial charge in [0.2, 0.25) is 0 Å². The minimum atomic E-state index is -0.111. The zero-order valence-electron chi connectivity index (χ0n) is 13.4. The molecule has 0 atom stereocenters. The average molecular weight is 345 g/mol. The van der Waals surface area contributed by atoms with Crippen molar-refractivity contribution in [1.29, 1.82) is 5.26 Å². The smallest absolute Gasteiger partial charge is 0.259 e. The van der Waals surface area contributed by atoms with Crippen LogP contribution in [0, 0.1) is 11.3 Å². The number of amides is 1. The van der Waals surface area contributed by atoms with Crippen molar-refractivity contribution in [3.8, 4) is 6.07 Å². The van der Waals surface area contributed by atoms with Crippen molar-refractivity contribution in [2.75, 3.05) is 18.0 Å². The molecule has 0 bridgehead atoms. The van der Waals surface area contributed by atoms with Crippen molar-refractivity contribution in [3.63, 3.8) is 0 Å². The van der Waals surface area contributed by atoms with Crippen LogP contribution in [0.5, 0.6) is 0 Å². The fourth-order valence-electron chi connectivity index (χ4n) is 3.19. The first-order valence-electron chi connectivity index (χ1n) is 7.99. The number of anilines is 1. The number of para-hydroxylation sites is 1. The third kappa shape index (κ3) is 2.47. The maximum atomic E-state index is 13.2. The molecule has 3 aromatic rings. The minimum absolute atomic E-state index is 0.111. The molecule has 0 radical (unpaired) electrons. The Balaban J connectivity index is 2.04. The topological polar surface area (TPSA) is 70.1 Å². The number of carbonyl (C=O) groups is 1. The molecule has 0 spiro atoms. The number of carbonyl (C=O) groups excluding carboxylic acids is 1. The van der Waals surface area contributed by atoms with E-state index in [4.69, 9.17) is 5.73 Å². The number of nitrogens with zero attached hydrogens (tertiary/aromatic N) is 2. The van der Waals surface area contributed by atoms with Crippen molar-refractivity contribution in [2.24, 2.45) is 5.73 Å². The van der Waals surface area contributed by atoms with Crippen LogP contribution >= 0.6 is 11.8 Å². The molecule has 1 aliphatic heterocycles. The highest BCUT2D eigenvalue weighted by Crippen LogP contribution is 2.45. The van der Waals surface area contributed by atoms with Gasteiger partial charge in [-0.15, -0.1) is 0 Å². The van der Waals surface area contributed by atoms with E-state index < -0.39 is 0 Å². The summed E-state index contributed by atoms with van der Waals surface area (Å²) in [4.78, 5) is 16.7. The fourth-order valence-corrected chi connectivity index (χ4v) is 4.44. The van der Waals surface area contributed by atoms with Gasteiger partial charge in [-0.3, -0.25) is 4.79 Å². The molecule has 0 saturated heterocycles. The van der Waals surface area contributed by atoms with E-state index in [1.807, 2.05) is 48.5 Å². The molecule has 0 aliphatic carbocycles. The van der Waals surface area contributed by atoms with Crippen molar-refractivity contribution in [2.45, 2.75) is 9.79 Å². The summed E-state index contributed by atoms with van der Waals surface area (Å²) >= 11 is 1.54. The first kappa shape index (κ1) is 15.7. The lowest BCUT2D eigenvalue weighted by atomic mass is 10.1. The third-order valence-corrected chi connectivity index (χ3v) is 5.50. The molecule has 4 rings (SSSR count). The standard InChI is InChI=1S/C20H15N3OS/c21-10-11-23-18-14(12-22)5-3-7-17(18)25-19-15-6-2-1-4-13(15)8-9-16(19)20(23)24/h1-9H,10-11,21H2. The van der Waals surface area contributed by atoms with Gasteiger partial charge in [-0.25, -0.2) is 0 Å². The number of nitrogens with two attached hydrogens (primary N) is 1. The molecule has 0 fully saturated rings. The van der Waals surface area contributed by atoms with E-state index in [9.17, 15) is 10.1 Å². The zero-order valence-corrected chi connectivity index (χ0v) is 14.2. The van der Waals surface area contributed by atoms with E-state index in [0.717, 1.165) is 20.6 Å². The molecule has 5 heteroatoms. The summed E-state index contributed by atoms with van der Waals surface area (Å²) in [5, 5.41) is 11.7. The monoisotopic (exact) mass is 345 g/mol. The number of hydrogen-bond acceptors (Lipinski definition) is 4. The number of benzene rings is 3. The van der Waals surface area contributed by atoms with Gasteiger partial charge in [0.05, 0.1) is 16.8 Å². The average Bonchev–Trinajstić information content (AvgIpc) is 2.77. The van der Waals surface area contributed by atoms with Gasteiger partial charge >= 0.3 is 0 Å². The zero-order chi connectivity index (χ0) is 17.4. The molecular formula is C20H15N3OS. The Bertz CT molecular complexity index is 1040. The number of nitriles is 1. The van der Waals surface area contributed by atoms with Gasteiger partial charge < -0.3 is 10.6 Å². The number of fused-ring (bicyclic) bond motifs is 4. The highest BCUT2D eigenvalue weighted by Gasteiger charge is 2.29. The maximum absolute atomic E-state index is 13.2. The molecule has 0 unspecified atom stereocenters. The highest BCUT2D eigenvalue weighted by atomic mass is 32.2. The third-order valence-electron chi connectivity index (χ3n) is 4.31. The van der Waals surface area contributed by atoms with Crippen molar-refractivity contribution < 1.29 is 4.79 Å². The second-order valence-electron chi connectivity index (χ2n) is 5.78. The summed E-state index contributed by atoms with van der Waals surface area (Å²) in [5.41, 5.74) is 7.55. The van der Waals surface area contributed by atoms with Gasteiger partial charge in [-0.1, -0.05) is 48.2 Å². The van der Waals surface area contributed by atoms with Gasteiger partial charge in [0.25, 0.3) is 5.91 Å². The molecule has 0 saturated carbocycles. The molecule has 1 aliphatic rings. The van der Waals surface area contributed by atoms with Crippen LogP contribution in [-0.2, 0) is 0 Å². The van der Waals surface area contributed by atoms with E-state index in [1.165, 1.54) is 0 Å². The van der Waals surface area contributed by atoms with Crippen molar-refractivity contribution >= 4 is 34.1 Å². The van der Waals surface area contributed by atoms with Crippen molar-refractivity contribution in [3.05, 3.63) is 65.7 Å². The lowest BCUT2D eigenvalue weighted by molar-refractivity contribution is 0.0985. The number of hydrogen-bond donors (Lipinski definition) is 1. The van der Waals surface area contributed by atoms with Crippen LogP contribution in [0.15, 0.2) is 64.4 Å². The molecule has 122 valence electrons. The van der Waals surface area contributed by atoms with E-state index >= 15 is 0 Å². The van der Waals surface area contributed by atoms with Gasteiger partial charge in [0.15, 0.2) is 0 Å². The Kier molecular flexibility index (Phi) is 3.92. The normalized spacial score (nSPS) is 13.1. The van der Waals surface area contributed by atoms with Crippen LogP contribution < -0.4 is 10.6 Å². The summed E-state index contributed by atoms with van der Waals surface area (Å²) < 4.78 is 0. The van der Waals surface area contributed by atoms with E-state index in [2.05, 4.69) is 6.07 Å². The first-order chi connectivity index (χ1) is 12.2. The van der Waals surface area contributed by atoms with Crippen LogP contribution in [0.1, 0.15) is 15.9 Å². The first-order valence-corrected chi connectivity index (χ1v) is 8.81. The highest BCUT2D eigenvalue weighted by molar-refractivity contribution is 7.99. The quantitative estimate of drug-likeness (QED) is 0.767. The van der Waals surface area contributed by atoms with Gasteiger partial charge in [-0.2, -0.15) is 5.26 Å². The van der Waals surface area contributed by atoms with Gasteiger partial charge in [-0.05, 0) is 29.0 Å². The van der Waals surface area contributed by atoms with E-state index in [0.29, 0.717) is 29.9 Å². The predicted molar refractivity (Wildman–Crippen MR) is 100.0 cm³/mol. The SMILES string of the molecule is N#Cc1cccc2c1N(CCN)C(=O)c1ccc3ccccc3c1S2. The Hall–Kier alpha value is -2.81. The maximum Gasteiger partial charge on any atom is 0.259 e. The molecule has 4 nitrogen and oxygen atoms in total. The second kappa shape index (κ2) is 6.25. The molecule has 25 heavy (non-hydrogen) atoms. The van der Waals surface area contributed by atoms with Gasteiger partial charge in [0, 0.05) is 22.9 Å². The lowest BCUT2D eigenvalue weighted by Crippen LogP contribution is -2.35. The molecular weight excluding hydrogens is 330 g/mol. The fraction of sp³-hybridized carbons (Fsp3) is 0.100. The molecule has 3 aromatic carbocycles. The summed E-state index contributed by atoms with van der Waals surface area (Å²) in [6.07, 6.45) is 0. The summed E-state index contributed by atoms with van der Waals surface area (Å²) in [6.45, 7) is 0.704. The second-order valence-corrected chi connectivity index (χ2v) is 6.83. The van der Waals surface area contributed by atoms with Crippen LogP contribution in [0.3, 0.4) is 0 Å². The Morgan fingerprint density at radius 1 is 1.08 bits per heavy atom. The van der Waals surface area contributed by atoms with Crippen LogP contribution in [0.4, 0.5) is 5.69 Å². The van der Waals surface area contributed by atoms with Gasteiger partial charge in [0.1, 0.15) is 6.07 Å². The molecule has 1 amide bonds. The van der Waals surface area contributed by atoms with Crippen LogP contribution in [0.2, 0.25) is 0 Å². The number of rotatable bonds is 2. The summed E-state index contributed by atoms with van der Waals surface area (Å²) in [7, 11) is 0. The Morgan fingerprint density at radius 2 is 1.92 bits per heavy atom. The molecule has 1 heterocycles. The van der Waals surface area contributed by atoms with Crippen LogP contribution in [-0.4, -0.2) is 19.0 Å². The van der Waals surface area contributed by atoms with Crippen LogP contribution in [0.25, 0.3) is 10.8 Å². The summed E-state index contributed by atoms with van der Waals surface area (Å²) in [6, 6.07) is 19.6. The molecule has 0 aromatic heterocycles. The lowest BCUT2D eigenvalue weighted by Gasteiger charge is -2.23. The largest absolute Gasteiger partial charge is 0.329 e. The molecule has 2 N–H and O–H groups in total.